The average Bonchev–Trinajstić information content (AvgIpc) is 2.83. The number of anilines is 1. The van der Waals surface area contributed by atoms with Gasteiger partial charge in [0.05, 0.1) is 17.0 Å². The minimum Gasteiger partial charge on any atom is -0.383 e. The highest BCUT2D eigenvalue weighted by atomic mass is 32.1. The lowest BCUT2D eigenvalue weighted by Crippen LogP contribution is -2.35. The summed E-state index contributed by atoms with van der Waals surface area (Å²) < 4.78 is 22.4. The van der Waals surface area contributed by atoms with Gasteiger partial charge in [0.25, 0.3) is 0 Å². The maximum Gasteiger partial charge on any atom is 0.474 e. The molecule has 8 nitrogen and oxygen atoms in total. The Labute approximate surface area is 140 Å². The summed E-state index contributed by atoms with van der Waals surface area (Å²) in [7, 11) is -2.23. The van der Waals surface area contributed by atoms with Crippen LogP contribution in [0.1, 0.15) is 22.0 Å². The van der Waals surface area contributed by atoms with E-state index in [-0.39, 0.29) is 6.61 Å². The van der Waals surface area contributed by atoms with Gasteiger partial charge in [-0.1, -0.05) is 11.3 Å². The van der Waals surface area contributed by atoms with Gasteiger partial charge in [-0.2, -0.15) is 4.57 Å². The highest BCUT2D eigenvalue weighted by molar-refractivity contribution is 7.52. The van der Waals surface area contributed by atoms with Crippen LogP contribution in [0.2, 0.25) is 0 Å². The summed E-state index contributed by atoms with van der Waals surface area (Å²) in [5.41, 5.74) is 9.77. The van der Waals surface area contributed by atoms with Gasteiger partial charge < -0.3 is 10.6 Å². The van der Waals surface area contributed by atoms with Crippen molar-refractivity contribution in [1.29, 1.82) is 0 Å². The quantitative estimate of drug-likeness (QED) is 0.556. The van der Waals surface area contributed by atoms with Gasteiger partial charge in [-0.15, -0.1) is 0 Å². The molecule has 2 aromatic rings. The monoisotopic (exact) mass is 377 g/mol. The number of hydrogen-bond acceptors (Lipinski definition) is 7. The maximum absolute atomic E-state index is 11.2. The molecular weight excluding hydrogens is 358 g/mol. The Bertz CT molecular complexity index is 740. The molecule has 0 radical (unpaired) electrons. The fourth-order valence-corrected chi connectivity index (χ4v) is 3.49. The van der Waals surface area contributed by atoms with E-state index in [2.05, 4.69) is 14.3 Å². The van der Waals surface area contributed by atoms with Crippen molar-refractivity contribution in [3.8, 4) is 0 Å². The average molecular weight is 377 g/mol. The van der Waals surface area contributed by atoms with Gasteiger partial charge in [-0.3, -0.25) is 8.83 Å². The molecule has 3 N–H and O–H groups in total. The summed E-state index contributed by atoms with van der Waals surface area (Å²) in [6.07, 6.45) is 2.24. The Morgan fingerprint density at radius 1 is 1.52 bits per heavy atom. The van der Waals surface area contributed by atoms with Crippen molar-refractivity contribution in [2.75, 3.05) is 12.3 Å². The Hall–Kier alpha value is -0.950. The van der Waals surface area contributed by atoms with Crippen LogP contribution < -0.4 is 10.3 Å². The van der Waals surface area contributed by atoms with E-state index in [1.807, 2.05) is 17.0 Å². The Balaban J connectivity index is 2.03. The summed E-state index contributed by atoms with van der Waals surface area (Å²) in [5, 5.41) is 0. The molecule has 0 saturated carbocycles. The fraction of sp³-hybridized carbons (Fsp3) is 0.417. The summed E-state index contributed by atoms with van der Waals surface area (Å²) >= 11 is 1.55. The standard InChI is InChI=1S/C12H18N4O4P2S/c1-8-11(3-4-19-22(17,18)20-21)23-7-16(8)6-10-5-14-9(2)15-12(10)13/h5,7H,3-4,6,21H2,1-2H3,(H2-,13,14,15,17,18)/p+1. The van der Waals surface area contributed by atoms with Crippen molar-refractivity contribution in [2.45, 2.75) is 26.8 Å². The van der Waals surface area contributed by atoms with Crippen LogP contribution in [0.25, 0.3) is 0 Å². The molecule has 0 bridgehead atoms. The van der Waals surface area contributed by atoms with Crippen molar-refractivity contribution in [3.63, 3.8) is 0 Å². The highest BCUT2D eigenvalue weighted by Crippen LogP contribution is 2.45. The molecule has 0 spiro atoms. The van der Waals surface area contributed by atoms with Gasteiger partial charge in [0, 0.05) is 29.0 Å². The van der Waals surface area contributed by atoms with Crippen LogP contribution in [0.4, 0.5) is 5.82 Å². The fourth-order valence-electron chi connectivity index (χ4n) is 1.95. The first kappa shape index (κ1) is 18.4. The minimum atomic E-state index is -3.96. The van der Waals surface area contributed by atoms with E-state index in [1.165, 1.54) is 0 Å². The van der Waals surface area contributed by atoms with E-state index >= 15 is 0 Å². The largest absolute Gasteiger partial charge is 0.474 e. The second-order valence-corrected chi connectivity index (χ2v) is 7.82. The van der Waals surface area contributed by atoms with E-state index in [1.54, 1.807) is 33.9 Å². The van der Waals surface area contributed by atoms with E-state index in [9.17, 15) is 9.46 Å². The van der Waals surface area contributed by atoms with E-state index < -0.39 is 7.82 Å². The van der Waals surface area contributed by atoms with Crippen molar-refractivity contribution < 1.29 is 22.9 Å². The molecule has 0 aliphatic heterocycles. The first-order valence-electron chi connectivity index (χ1n) is 6.72. The summed E-state index contributed by atoms with van der Waals surface area (Å²) in [4.78, 5) is 18.6. The van der Waals surface area contributed by atoms with Gasteiger partial charge in [0.2, 0.25) is 5.51 Å². The summed E-state index contributed by atoms with van der Waals surface area (Å²) in [5.74, 6) is 1.11. The molecule has 2 rings (SSSR count). The number of nitrogen functional groups attached to an aromatic ring is 1. The van der Waals surface area contributed by atoms with E-state index in [4.69, 9.17) is 10.3 Å². The van der Waals surface area contributed by atoms with E-state index in [0.717, 1.165) is 16.1 Å². The number of phosphoric acid groups is 1. The minimum absolute atomic E-state index is 0.0965. The molecule has 2 atom stereocenters. The lowest BCUT2D eigenvalue weighted by atomic mass is 10.2. The van der Waals surface area contributed by atoms with Crippen molar-refractivity contribution >= 4 is 34.4 Å². The van der Waals surface area contributed by atoms with Crippen LogP contribution in [0.3, 0.4) is 0 Å². The van der Waals surface area contributed by atoms with E-state index in [0.29, 0.717) is 24.6 Å². The Morgan fingerprint density at radius 3 is 2.91 bits per heavy atom. The van der Waals surface area contributed by atoms with Gasteiger partial charge in [-0.25, -0.2) is 14.5 Å². The normalized spacial score (nSPS) is 13.9. The molecule has 2 aromatic heterocycles. The molecule has 0 fully saturated rings. The summed E-state index contributed by atoms with van der Waals surface area (Å²) in [6, 6.07) is 0. The Kier molecular flexibility index (Phi) is 6.19. The first-order chi connectivity index (χ1) is 10.8. The maximum atomic E-state index is 11.2. The topological polar surface area (TPSA) is 111 Å². The summed E-state index contributed by atoms with van der Waals surface area (Å²) in [6.45, 7) is 4.43. The SMILES string of the molecule is Cc1ncc(C[n+]2csc(CCOP(=O)(O)OP)c2C)c(N)n1. The van der Waals surface area contributed by atoms with Gasteiger partial charge in [-0.05, 0) is 6.92 Å². The molecule has 2 unspecified atom stereocenters. The number of aryl methyl sites for hydroxylation is 1. The number of nitrogens with two attached hydrogens (primary N) is 1. The van der Waals surface area contributed by atoms with Crippen molar-refractivity contribution in [3.05, 3.63) is 33.7 Å². The zero-order valence-corrected chi connectivity index (χ0v) is 15.7. The number of nitrogens with zero attached hydrogens (tertiary/aromatic N) is 3. The third kappa shape index (κ3) is 5.01. The predicted octanol–water partition coefficient (Wildman–Crippen LogP) is 1.54. The predicted molar refractivity (Wildman–Crippen MR) is 89.8 cm³/mol. The second-order valence-electron chi connectivity index (χ2n) is 4.84. The second kappa shape index (κ2) is 7.75. The molecule has 0 aliphatic rings. The van der Waals surface area contributed by atoms with Crippen LogP contribution >= 0.6 is 28.6 Å². The molecule has 0 saturated heterocycles. The van der Waals surface area contributed by atoms with Gasteiger partial charge in [0.15, 0.2) is 12.2 Å². The smallest absolute Gasteiger partial charge is 0.383 e. The Morgan fingerprint density at radius 2 is 2.26 bits per heavy atom. The van der Waals surface area contributed by atoms with Crippen molar-refractivity contribution in [1.82, 2.24) is 9.97 Å². The zero-order chi connectivity index (χ0) is 17.0. The molecule has 0 amide bonds. The van der Waals surface area contributed by atoms with Crippen molar-refractivity contribution in [2.24, 2.45) is 0 Å². The first-order valence-corrected chi connectivity index (χ1v) is 9.57. The molecule has 2 heterocycles. The highest BCUT2D eigenvalue weighted by Gasteiger charge is 2.21. The van der Waals surface area contributed by atoms with Crippen LogP contribution in [0.5, 0.6) is 0 Å². The van der Waals surface area contributed by atoms with Crippen LogP contribution in [-0.4, -0.2) is 21.5 Å². The van der Waals surface area contributed by atoms with Crippen LogP contribution in [0.15, 0.2) is 11.7 Å². The van der Waals surface area contributed by atoms with Crippen LogP contribution in [-0.2, 0) is 26.4 Å². The lowest BCUT2D eigenvalue weighted by Gasteiger charge is -2.07. The van der Waals surface area contributed by atoms with Gasteiger partial charge in [0.1, 0.15) is 11.6 Å². The third-order valence-electron chi connectivity index (χ3n) is 3.23. The third-order valence-corrected chi connectivity index (χ3v) is 5.95. The molecule has 0 aromatic carbocycles. The number of phosphoric ester groups is 1. The number of aromatic nitrogens is 3. The lowest BCUT2D eigenvalue weighted by molar-refractivity contribution is -0.689. The number of rotatable bonds is 7. The van der Waals surface area contributed by atoms with Gasteiger partial charge >= 0.3 is 7.82 Å². The molecule has 126 valence electrons. The number of thiazole rings is 1. The molecule has 0 aliphatic carbocycles. The number of hydrogen-bond donors (Lipinski definition) is 2. The molecule has 11 heteroatoms. The zero-order valence-electron chi connectivity index (χ0n) is 12.8. The van der Waals surface area contributed by atoms with Crippen LogP contribution in [0, 0.1) is 13.8 Å². The molecule has 23 heavy (non-hydrogen) atoms. The molecular formula is C12H19N4O4P2S+.